The lowest BCUT2D eigenvalue weighted by Gasteiger charge is -2.29. The Morgan fingerprint density at radius 1 is 0.750 bits per heavy atom. The first-order valence-corrected chi connectivity index (χ1v) is 17.0. The van der Waals surface area contributed by atoms with Gasteiger partial charge in [0.25, 0.3) is 17.7 Å². The van der Waals surface area contributed by atoms with Gasteiger partial charge in [-0.3, -0.25) is 33.6 Å². The zero-order valence-corrected chi connectivity index (χ0v) is 30.3. The molecule has 0 aliphatic rings. The zero-order valence-electron chi connectivity index (χ0n) is 30.3. The number of aliphatic carboxylic acids is 1. The van der Waals surface area contributed by atoms with E-state index in [1.54, 1.807) is 44.2 Å². The van der Waals surface area contributed by atoms with E-state index in [1.165, 1.54) is 32.3 Å². The molecule has 0 saturated heterocycles. The second kappa shape index (κ2) is 20.5. The molecule has 10 N–H and O–H groups in total. The van der Waals surface area contributed by atoms with Gasteiger partial charge in [-0.1, -0.05) is 58.0 Å². The SMILES string of the molecule is CNC(=O)c1cc(NC(=O)[C@H](O)[C@H](Cc2ccccc2)NC(=O)[C@H](CC(C)C)NC(=O)[C@@H](NC(=O)[C@@H](N)CCC(=O)O)C(C)C)cc(C(=O)NC)c1. The van der Waals surface area contributed by atoms with Crippen molar-refractivity contribution >= 4 is 47.1 Å². The fourth-order valence-corrected chi connectivity index (χ4v) is 5.21. The molecule has 6 amide bonds. The summed E-state index contributed by atoms with van der Waals surface area (Å²) in [6.07, 6.45) is -2.16. The molecule has 0 bridgehead atoms. The van der Waals surface area contributed by atoms with E-state index in [-0.39, 0.29) is 48.4 Å². The average molecular weight is 726 g/mol. The lowest BCUT2D eigenvalue weighted by atomic mass is 9.97. The zero-order chi connectivity index (χ0) is 39.1. The van der Waals surface area contributed by atoms with Crippen molar-refractivity contribution in [1.29, 1.82) is 0 Å². The van der Waals surface area contributed by atoms with Crippen LogP contribution in [0.4, 0.5) is 5.69 Å². The number of hydrogen-bond acceptors (Lipinski definition) is 9. The van der Waals surface area contributed by atoms with Gasteiger partial charge in [0.1, 0.15) is 12.1 Å². The number of aliphatic hydroxyl groups excluding tert-OH is 1. The molecule has 16 nitrogen and oxygen atoms in total. The van der Waals surface area contributed by atoms with Gasteiger partial charge in [0.05, 0.1) is 12.1 Å². The second-order valence-corrected chi connectivity index (χ2v) is 13.2. The van der Waals surface area contributed by atoms with Crippen molar-refractivity contribution < 1.29 is 43.8 Å². The lowest BCUT2D eigenvalue weighted by molar-refractivity contribution is -0.137. The summed E-state index contributed by atoms with van der Waals surface area (Å²) in [4.78, 5) is 89.2. The fourth-order valence-electron chi connectivity index (χ4n) is 5.21. The maximum absolute atomic E-state index is 13.9. The molecular formula is C36H51N7O9. The molecule has 0 aromatic heterocycles. The van der Waals surface area contributed by atoms with Crippen LogP contribution in [0.15, 0.2) is 48.5 Å². The first kappa shape index (κ1) is 42.8. The number of hydrogen-bond donors (Lipinski definition) is 9. The highest BCUT2D eigenvalue weighted by Crippen LogP contribution is 2.18. The van der Waals surface area contributed by atoms with E-state index in [9.17, 15) is 38.7 Å². The normalized spacial score (nSPS) is 13.9. The summed E-state index contributed by atoms with van der Waals surface area (Å²) in [6.45, 7) is 7.02. The Morgan fingerprint density at radius 3 is 1.83 bits per heavy atom. The highest BCUT2D eigenvalue weighted by Gasteiger charge is 2.34. The maximum atomic E-state index is 13.9. The molecule has 16 heteroatoms. The topological polar surface area (TPSA) is 258 Å². The Kier molecular flexibility index (Phi) is 16.9. The van der Waals surface area contributed by atoms with Gasteiger partial charge in [-0.15, -0.1) is 0 Å². The fraction of sp³-hybridized carbons (Fsp3) is 0.472. The average Bonchev–Trinajstić information content (AvgIpc) is 3.10. The van der Waals surface area contributed by atoms with Crippen LogP contribution in [-0.4, -0.2) is 96.0 Å². The predicted octanol–water partition coefficient (Wildman–Crippen LogP) is 0.297. The number of anilines is 1. The summed E-state index contributed by atoms with van der Waals surface area (Å²) >= 11 is 0. The van der Waals surface area contributed by atoms with Gasteiger partial charge >= 0.3 is 5.97 Å². The van der Waals surface area contributed by atoms with Crippen LogP contribution in [0.5, 0.6) is 0 Å². The number of aliphatic hydroxyl groups is 1. The highest BCUT2D eigenvalue weighted by molar-refractivity contribution is 6.03. The molecule has 0 fully saturated rings. The summed E-state index contributed by atoms with van der Waals surface area (Å²) in [5, 5.41) is 35.7. The van der Waals surface area contributed by atoms with Gasteiger partial charge in [0.15, 0.2) is 6.10 Å². The minimum absolute atomic E-state index is 0.00416. The summed E-state index contributed by atoms with van der Waals surface area (Å²) in [7, 11) is 2.81. The van der Waals surface area contributed by atoms with Gasteiger partial charge in [-0.2, -0.15) is 0 Å². The number of carboxylic acid groups (broad SMARTS) is 1. The van der Waals surface area contributed by atoms with Crippen LogP contribution in [-0.2, 0) is 30.4 Å². The third kappa shape index (κ3) is 13.4. The summed E-state index contributed by atoms with van der Waals surface area (Å²) in [5.74, 6) is -5.76. The molecule has 284 valence electrons. The van der Waals surface area contributed by atoms with E-state index < -0.39 is 77.6 Å². The monoisotopic (exact) mass is 725 g/mol. The van der Waals surface area contributed by atoms with Gasteiger partial charge < -0.3 is 47.8 Å². The van der Waals surface area contributed by atoms with Crippen molar-refractivity contribution in [2.45, 2.75) is 83.6 Å². The van der Waals surface area contributed by atoms with Crippen LogP contribution in [0.3, 0.4) is 0 Å². The highest BCUT2D eigenvalue weighted by atomic mass is 16.4. The quantitative estimate of drug-likeness (QED) is 0.0957. The first-order chi connectivity index (χ1) is 24.5. The molecule has 0 unspecified atom stereocenters. The van der Waals surface area contributed by atoms with Crippen molar-refractivity contribution in [1.82, 2.24) is 26.6 Å². The van der Waals surface area contributed by atoms with Crippen molar-refractivity contribution in [2.75, 3.05) is 19.4 Å². The number of rotatable bonds is 19. The van der Waals surface area contributed by atoms with Crippen LogP contribution in [0.25, 0.3) is 0 Å². The molecule has 0 saturated carbocycles. The second-order valence-electron chi connectivity index (χ2n) is 13.2. The Hall–Kier alpha value is -5.35. The lowest BCUT2D eigenvalue weighted by Crippen LogP contribution is -2.59. The summed E-state index contributed by atoms with van der Waals surface area (Å²) < 4.78 is 0. The summed E-state index contributed by atoms with van der Waals surface area (Å²) in [6, 6.07) is 8.12. The largest absolute Gasteiger partial charge is 0.481 e. The minimum atomic E-state index is -1.85. The van der Waals surface area contributed by atoms with E-state index in [0.29, 0.717) is 5.56 Å². The van der Waals surface area contributed by atoms with Gasteiger partial charge in [0, 0.05) is 37.3 Å². The Morgan fingerprint density at radius 2 is 1.33 bits per heavy atom. The third-order valence-electron chi connectivity index (χ3n) is 8.05. The van der Waals surface area contributed by atoms with Crippen LogP contribution >= 0.6 is 0 Å². The number of benzene rings is 2. The van der Waals surface area contributed by atoms with Gasteiger partial charge in [-0.25, -0.2) is 0 Å². The Bertz CT molecular complexity index is 1550. The first-order valence-electron chi connectivity index (χ1n) is 17.0. The molecule has 0 spiro atoms. The summed E-state index contributed by atoms with van der Waals surface area (Å²) in [5.41, 5.74) is 6.71. The number of amides is 6. The van der Waals surface area contributed by atoms with Crippen LogP contribution < -0.4 is 37.6 Å². The molecule has 0 aliphatic heterocycles. The van der Waals surface area contributed by atoms with Gasteiger partial charge in [0.2, 0.25) is 17.7 Å². The molecular weight excluding hydrogens is 674 g/mol. The minimum Gasteiger partial charge on any atom is -0.481 e. The smallest absolute Gasteiger partial charge is 0.303 e. The molecule has 0 aliphatic carbocycles. The molecule has 2 rings (SSSR count). The molecule has 5 atom stereocenters. The van der Waals surface area contributed by atoms with Crippen LogP contribution in [0, 0.1) is 11.8 Å². The molecule has 0 heterocycles. The maximum Gasteiger partial charge on any atom is 0.303 e. The third-order valence-corrected chi connectivity index (χ3v) is 8.05. The van der Waals surface area contributed by atoms with E-state index in [1.807, 2.05) is 13.8 Å². The van der Waals surface area contributed by atoms with Crippen molar-refractivity contribution in [3.05, 3.63) is 65.2 Å². The van der Waals surface area contributed by atoms with Crippen molar-refractivity contribution in [3.8, 4) is 0 Å². The van der Waals surface area contributed by atoms with Crippen molar-refractivity contribution in [3.63, 3.8) is 0 Å². The Balaban J connectivity index is 2.36. The number of carbonyl (C=O) groups excluding carboxylic acids is 6. The molecule has 52 heavy (non-hydrogen) atoms. The van der Waals surface area contributed by atoms with E-state index in [4.69, 9.17) is 10.8 Å². The molecule has 0 radical (unpaired) electrons. The van der Waals surface area contributed by atoms with Crippen LogP contribution in [0.1, 0.15) is 73.2 Å². The van der Waals surface area contributed by atoms with E-state index in [0.717, 1.165) is 0 Å². The predicted molar refractivity (Wildman–Crippen MR) is 193 cm³/mol. The molecule has 2 aromatic carbocycles. The van der Waals surface area contributed by atoms with Crippen molar-refractivity contribution in [2.24, 2.45) is 17.6 Å². The Labute approximate surface area is 303 Å². The van der Waals surface area contributed by atoms with Crippen LogP contribution in [0.2, 0.25) is 0 Å². The number of nitrogens with two attached hydrogens (primary N) is 1. The number of nitrogens with one attached hydrogen (secondary N) is 6. The van der Waals surface area contributed by atoms with E-state index >= 15 is 0 Å². The standard InChI is InChI=1S/C36H51N7O9/c1-19(2)14-27(42-35(51)29(20(3)4)43-33(49)25(37)12-13-28(44)45)34(50)41-26(15-21-10-8-7-9-11-21)30(46)36(52)40-24-17-22(31(47)38-5)16-23(18-24)32(48)39-6/h7-11,16-20,25-27,29-30,46H,12-15,37H2,1-6H3,(H,38,47)(H,39,48)(H,40,52)(H,41,50)(H,42,51)(H,43,49)(H,44,45)/t25-,26-,27-,29-,30+/m0/s1. The number of carboxylic acids is 1. The van der Waals surface area contributed by atoms with E-state index in [2.05, 4.69) is 31.9 Å². The number of carbonyl (C=O) groups is 7. The molecule has 2 aromatic rings. The van der Waals surface area contributed by atoms with Gasteiger partial charge in [-0.05, 0) is 54.9 Å².